The SMILES string of the molecule is CC#N.CC#N.O=S(=O)([O-])C(F)(F)F.O=S(=O)([O-])C(F)(F)F.[Pd+2].c1ccc([PH+](c2ccccc2)c2cc(-c3c([PH+](c4ccccc4)c4ccccc4)ccc4ccccc34)c3ccccc3c2)cc1. The van der Waals surface area contributed by atoms with Gasteiger partial charge in [0.05, 0.1) is 28.0 Å². The Morgan fingerprint density at radius 3 is 1.10 bits per heavy atom. The zero-order valence-corrected chi connectivity index (χ0v) is 41.4. The Kier molecular flexibility index (Phi) is 21.9. The van der Waals surface area contributed by atoms with E-state index in [9.17, 15) is 26.3 Å². The topological polar surface area (TPSA) is 162 Å². The van der Waals surface area contributed by atoms with Crippen molar-refractivity contribution in [2.45, 2.75) is 24.9 Å². The summed E-state index contributed by atoms with van der Waals surface area (Å²) in [5.74, 6) is 0. The molecule has 8 nitrogen and oxygen atoms in total. The molecule has 0 N–H and O–H groups in total. The second-order valence-corrected chi connectivity index (χ2v) is 21.6. The third-order valence-electron chi connectivity index (χ3n) is 9.43. The maximum absolute atomic E-state index is 10.7. The normalized spacial score (nSPS) is 11.1. The summed E-state index contributed by atoms with van der Waals surface area (Å²) in [6.07, 6.45) is 0. The van der Waals surface area contributed by atoms with Crippen molar-refractivity contribution in [3.63, 3.8) is 0 Å². The first-order valence-electron chi connectivity index (χ1n) is 19.9. The van der Waals surface area contributed by atoms with E-state index in [0.717, 1.165) is 0 Å². The molecule has 0 aliphatic rings. The average Bonchev–Trinajstić information content (AvgIpc) is 3.30. The minimum atomic E-state index is -6.09. The van der Waals surface area contributed by atoms with Crippen molar-refractivity contribution < 1.29 is 72.7 Å². The van der Waals surface area contributed by atoms with Gasteiger partial charge >= 0.3 is 31.4 Å². The van der Waals surface area contributed by atoms with Crippen LogP contribution >= 0.6 is 15.8 Å². The summed E-state index contributed by atoms with van der Waals surface area (Å²) in [7, 11) is -14.8. The fourth-order valence-electron chi connectivity index (χ4n) is 6.83. The van der Waals surface area contributed by atoms with Gasteiger partial charge in [-0.15, -0.1) is 0 Å². The zero-order valence-electron chi connectivity index (χ0n) is 36.2. The molecule has 0 aliphatic heterocycles. The van der Waals surface area contributed by atoms with Gasteiger partial charge in [0, 0.05) is 19.4 Å². The van der Waals surface area contributed by atoms with Gasteiger partial charge in [-0.2, -0.15) is 36.9 Å². The van der Waals surface area contributed by atoms with Crippen LogP contribution in [0.2, 0.25) is 0 Å². The third-order valence-corrected chi connectivity index (χ3v) is 16.0. The van der Waals surface area contributed by atoms with Crippen LogP contribution in [0.3, 0.4) is 0 Å². The molecule has 0 radical (unpaired) electrons. The van der Waals surface area contributed by atoms with Gasteiger partial charge in [-0.25, -0.2) is 16.8 Å². The molecule has 0 aliphatic carbocycles. The zero-order chi connectivity index (χ0) is 50.1. The summed E-state index contributed by atoms with van der Waals surface area (Å²) in [5.41, 5.74) is -8.61. The summed E-state index contributed by atoms with van der Waals surface area (Å²) in [4.78, 5) is 0. The van der Waals surface area contributed by atoms with E-state index in [2.05, 4.69) is 194 Å². The summed E-state index contributed by atoms with van der Waals surface area (Å²) in [6.45, 7) is 2.86. The molecule has 358 valence electrons. The molecular formula is C50H40F6N2O6P2PdS2+2. The van der Waals surface area contributed by atoms with Crippen molar-refractivity contribution in [1.82, 2.24) is 0 Å². The van der Waals surface area contributed by atoms with E-state index in [1.54, 1.807) is 12.1 Å². The summed E-state index contributed by atoms with van der Waals surface area (Å²) in [6, 6.07) is 75.7. The first-order chi connectivity index (χ1) is 32.2. The number of fused-ring (bicyclic) bond motifs is 2. The van der Waals surface area contributed by atoms with E-state index >= 15 is 0 Å². The number of hydrogen-bond acceptors (Lipinski definition) is 8. The van der Waals surface area contributed by atoms with E-state index in [1.165, 1.54) is 78.3 Å². The van der Waals surface area contributed by atoms with E-state index in [0.29, 0.717) is 0 Å². The van der Waals surface area contributed by atoms with E-state index in [-0.39, 0.29) is 20.4 Å². The van der Waals surface area contributed by atoms with Gasteiger partial charge in [-0.3, -0.25) is 0 Å². The van der Waals surface area contributed by atoms with Gasteiger partial charge in [0.2, 0.25) is 0 Å². The Hall–Kier alpha value is -5.82. The fraction of sp³-hybridized carbons (Fsp3) is 0.0800. The molecule has 0 bridgehead atoms. The largest absolute Gasteiger partial charge is 2.00 e. The molecule has 8 aromatic rings. The standard InChI is InChI=1S/C44H32P2.2C2H3N.2CHF3O3S.Pd/c1-5-19-35(20-6-1)45(36-21-7-2-8-22-36)39-31-34-18-14-15-27-40(34)42(32-39)44-41-28-16-13-17-33(41)29-30-43(44)46(37-23-9-3-10-24-37)38-25-11-4-12-26-38;2*1-2-3;2*2-1(3,4)8(5,6)7;/h1-32H;2*1H3;2*(H,5,6,7);/q;;;;;+2. The number of rotatable bonds is 7. The Bertz CT molecular complexity index is 3090. The second kappa shape index (κ2) is 26.2. The number of nitriles is 2. The summed E-state index contributed by atoms with van der Waals surface area (Å²) >= 11 is 0. The third kappa shape index (κ3) is 15.9. The molecule has 0 spiro atoms. The number of halogens is 6. The van der Waals surface area contributed by atoms with Crippen molar-refractivity contribution in [1.29, 1.82) is 10.5 Å². The molecule has 69 heavy (non-hydrogen) atoms. The number of benzene rings is 8. The minimum Gasteiger partial charge on any atom is -0.741 e. The molecular weight excluding hydrogens is 1070 g/mol. The quantitative estimate of drug-likeness (QED) is 0.0501. The van der Waals surface area contributed by atoms with Crippen LogP contribution in [0.25, 0.3) is 32.7 Å². The molecule has 19 heteroatoms. The van der Waals surface area contributed by atoms with Crippen molar-refractivity contribution >= 4 is 89.5 Å². The number of nitrogens with zero attached hydrogens (tertiary/aromatic N) is 2. The van der Waals surface area contributed by atoms with Gasteiger partial charge in [0.1, 0.15) is 31.8 Å². The van der Waals surface area contributed by atoms with Crippen LogP contribution in [-0.2, 0) is 40.7 Å². The average molecular weight is 1110 g/mol. The van der Waals surface area contributed by atoms with Gasteiger partial charge in [0.15, 0.2) is 20.2 Å². The molecule has 0 fully saturated rings. The van der Waals surface area contributed by atoms with Crippen LogP contribution in [0.1, 0.15) is 13.8 Å². The predicted molar refractivity (Wildman–Crippen MR) is 261 cm³/mol. The van der Waals surface area contributed by atoms with Crippen LogP contribution in [0.15, 0.2) is 194 Å². The first kappa shape index (κ1) is 57.5. The monoisotopic (exact) mass is 1110 g/mol. The maximum Gasteiger partial charge on any atom is 2.00 e. The van der Waals surface area contributed by atoms with Crippen LogP contribution in [-0.4, -0.2) is 37.0 Å². The van der Waals surface area contributed by atoms with Crippen LogP contribution in [0.5, 0.6) is 0 Å². The molecule has 0 saturated carbocycles. The summed E-state index contributed by atoms with van der Waals surface area (Å²) in [5, 5.41) is 28.2. The van der Waals surface area contributed by atoms with Crippen molar-refractivity contribution in [2.75, 3.05) is 0 Å². The second-order valence-electron chi connectivity index (χ2n) is 13.9. The summed E-state index contributed by atoms with van der Waals surface area (Å²) < 4.78 is 118. The van der Waals surface area contributed by atoms with E-state index < -0.39 is 47.1 Å². The molecule has 8 aromatic carbocycles. The molecule has 0 amide bonds. The Morgan fingerprint density at radius 1 is 0.435 bits per heavy atom. The molecule has 0 heterocycles. The number of alkyl halides is 6. The number of hydrogen-bond donors (Lipinski definition) is 0. The van der Waals surface area contributed by atoms with Crippen LogP contribution < -0.4 is 31.8 Å². The molecule has 0 saturated heterocycles. The van der Waals surface area contributed by atoms with Crippen molar-refractivity contribution in [3.8, 4) is 23.3 Å². The molecule has 0 aromatic heterocycles. The first-order valence-corrected chi connectivity index (χ1v) is 25.7. The van der Waals surface area contributed by atoms with Gasteiger partial charge in [-0.05, 0) is 93.8 Å². The van der Waals surface area contributed by atoms with Gasteiger partial charge in [0.25, 0.3) is 0 Å². The van der Waals surface area contributed by atoms with Crippen molar-refractivity contribution in [3.05, 3.63) is 194 Å². The van der Waals surface area contributed by atoms with Gasteiger partial charge in [-0.1, -0.05) is 127 Å². The Labute approximate surface area is 412 Å². The predicted octanol–water partition coefficient (Wildman–Crippen LogP) is 9.80. The smallest absolute Gasteiger partial charge is 0.741 e. The maximum atomic E-state index is 10.7. The minimum absolute atomic E-state index is 0. The fourth-order valence-corrected chi connectivity index (χ4v) is 12.2. The molecule has 0 unspecified atom stereocenters. The molecule has 8 rings (SSSR count). The van der Waals surface area contributed by atoms with Crippen LogP contribution in [0, 0.1) is 22.7 Å². The van der Waals surface area contributed by atoms with Gasteiger partial charge < -0.3 is 9.11 Å². The van der Waals surface area contributed by atoms with Crippen molar-refractivity contribution in [2.24, 2.45) is 0 Å². The van der Waals surface area contributed by atoms with Crippen LogP contribution in [0.4, 0.5) is 26.3 Å². The Balaban J connectivity index is 0.000000461. The van der Waals surface area contributed by atoms with E-state index in [4.69, 9.17) is 36.5 Å². The molecule has 0 atom stereocenters. The van der Waals surface area contributed by atoms with E-state index in [1.807, 2.05) is 0 Å². The Morgan fingerprint density at radius 2 is 0.739 bits per heavy atom.